The van der Waals surface area contributed by atoms with Gasteiger partial charge >= 0.3 is 6.03 Å². The summed E-state index contributed by atoms with van der Waals surface area (Å²) in [5.74, 6) is -0.0851. The zero-order valence-corrected chi connectivity index (χ0v) is 11.3. The zero-order chi connectivity index (χ0) is 13.8. The molecule has 3 amide bonds. The van der Waals surface area contributed by atoms with Crippen molar-refractivity contribution < 1.29 is 14.7 Å². The van der Waals surface area contributed by atoms with Crippen LogP contribution in [0.1, 0.15) is 32.1 Å². The molecule has 0 spiro atoms. The van der Waals surface area contributed by atoms with E-state index in [-0.39, 0.29) is 24.5 Å². The van der Waals surface area contributed by atoms with Gasteiger partial charge in [0.25, 0.3) is 0 Å². The first kappa shape index (κ1) is 14.1. The molecule has 0 bridgehead atoms. The highest BCUT2D eigenvalue weighted by atomic mass is 16.3. The van der Waals surface area contributed by atoms with E-state index in [1.165, 1.54) is 0 Å². The predicted molar refractivity (Wildman–Crippen MR) is 70.3 cm³/mol. The van der Waals surface area contributed by atoms with Gasteiger partial charge in [-0.15, -0.1) is 0 Å². The van der Waals surface area contributed by atoms with Crippen LogP contribution in [-0.2, 0) is 4.79 Å². The van der Waals surface area contributed by atoms with Crippen molar-refractivity contribution in [2.45, 2.75) is 38.1 Å². The largest absolute Gasteiger partial charge is 0.395 e. The van der Waals surface area contributed by atoms with Gasteiger partial charge in [0.15, 0.2) is 0 Å². The van der Waals surface area contributed by atoms with Crippen molar-refractivity contribution in [1.82, 2.24) is 9.80 Å². The van der Waals surface area contributed by atoms with E-state index in [9.17, 15) is 9.59 Å². The molecular weight excluding hydrogens is 246 g/mol. The van der Waals surface area contributed by atoms with E-state index in [1.54, 1.807) is 9.80 Å². The number of likely N-dealkylation sites (tertiary alicyclic amines) is 1. The highest BCUT2D eigenvalue weighted by Gasteiger charge is 2.35. The first-order chi connectivity index (χ1) is 9.13. The van der Waals surface area contributed by atoms with Crippen LogP contribution in [0, 0.1) is 5.92 Å². The third-order valence-electron chi connectivity index (χ3n) is 4.22. The van der Waals surface area contributed by atoms with Crippen molar-refractivity contribution in [2.75, 3.05) is 26.2 Å². The lowest BCUT2D eigenvalue weighted by Crippen LogP contribution is -2.52. The molecule has 1 heterocycles. The fraction of sp³-hybridized carbons (Fsp3) is 0.846. The lowest BCUT2D eigenvalue weighted by molar-refractivity contribution is -0.141. The zero-order valence-electron chi connectivity index (χ0n) is 11.3. The summed E-state index contributed by atoms with van der Waals surface area (Å²) in [5.41, 5.74) is 5.28. The van der Waals surface area contributed by atoms with E-state index in [1.807, 2.05) is 0 Å². The van der Waals surface area contributed by atoms with Crippen molar-refractivity contribution in [1.29, 1.82) is 0 Å². The Hall–Kier alpha value is -1.30. The third-order valence-corrected chi connectivity index (χ3v) is 4.22. The quantitative estimate of drug-likeness (QED) is 0.761. The van der Waals surface area contributed by atoms with E-state index in [0.717, 1.165) is 32.1 Å². The number of nitrogens with zero attached hydrogens (tertiary/aromatic N) is 2. The van der Waals surface area contributed by atoms with Crippen molar-refractivity contribution in [3.8, 4) is 0 Å². The Kier molecular flexibility index (Phi) is 4.63. The Morgan fingerprint density at radius 3 is 2.53 bits per heavy atom. The molecule has 0 aromatic heterocycles. The van der Waals surface area contributed by atoms with E-state index in [0.29, 0.717) is 19.6 Å². The van der Waals surface area contributed by atoms with Crippen LogP contribution in [-0.4, -0.2) is 59.1 Å². The Morgan fingerprint density at radius 1 is 1.26 bits per heavy atom. The molecule has 1 aliphatic heterocycles. The minimum Gasteiger partial charge on any atom is -0.395 e. The molecule has 6 nitrogen and oxygen atoms in total. The number of primary amides is 1. The van der Waals surface area contributed by atoms with Crippen LogP contribution in [0.4, 0.5) is 4.79 Å². The summed E-state index contributed by atoms with van der Waals surface area (Å²) in [4.78, 5) is 27.1. The average molecular weight is 269 g/mol. The molecule has 1 saturated carbocycles. The summed E-state index contributed by atoms with van der Waals surface area (Å²) >= 11 is 0. The summed E-state index contributed by atoms with van der Waals surface area (Å²) < 4.78 is 0. The van der Waals surface area contributed by atoms with Crippen LogP contribution >= 0.6 is 0 Å². The van der Waals surface area contributed by atoms with Gasteiger partial charge in [-0.25, -0.2) is 4.79 Å². The number of aliphatic hydroxyl groups is 1. The van der Waals surface area contributed by atoms with Gasteiger partial charge in [-0.05, 0) is 32.1 Å². The smallest absolute Gasteiger partial charge is 0.314 e. The second kappa shape index (κ2) is 6.23. The van der Waals surface area contributed by atoms with Crippen LogP contribution < -0.4 is 5.73 Å². The standard InChI is InChI=1S/C13H23N3O3/c14-13(19)15-6-2-3-10(9-15)12(18)16(7-8-17)11-4-1-5-11/h10-11,17H,1-9H2,(H2,14,19). The van der Waals surface area contributed by atoms with Crippen LogP contribution in [0.3, 0.4) is 0 Å². The normalized spacial score (nSPS) is 23.8. The van der Waals surface area contributed by atoms with Crippen molar-refractivity contribution in [3.63, 3.8) is 0 Å². The van der Waals surface area contributed by atoms with Gasteiger partial charge in [0, 0.05) is 25.7 Å². The maximum atomic E-state index is 12.5. The molecular formula is C13H23N3O3. The predicted octanol–water partition coefficient (Wildman–Crippen LogP) is 0.150. The Labute approximate surface area is 113 Å². The number of amides is 3. The lowest BCUT2D eigenvalue weighted by atomic mass is 9.89. The Morgan fingerprint density at radius 2 is 2.00 bits per heavy atom. The minimum atomic E-state index is -0.449. The maximum Gasteiger partial charge on any atom is 0.314 e. The van der Waals surface area contributed by atoms with Crippen molar-refractivity contribution in [2.24, 2.45) is 11.7 Å². The molecule has 108 valence electrons. The molecule has 1 saturated heterocycles. The topological polar surface area (TPSA) is 86.9 Å². The number of aliphatic hydroxyl groups excluding tert-OH is 1. The van der Waals surface area contributed by atoms with E-state index in [4.69, 9.17) is 10.8 Å². The third kappa shape index (κ3) is 3.18. The van der Waals surface area contributed by atoms with Gasteiger partial charge in [0.1, 0.15) is 0 Å². The fourth-order valence-corrected chi connectivity index (χ4v) is 2.89. The highest BCUT2D eigenvalue weighted by molar-refractivity contribution is 5.81. The van der Waals surface area contributed by atoms with Gasteiger partial charge in [0.05, 0.1) is 12.5 Å². The van der Waals surface area contributed by atoms with E-state index in [2.05, 4.69) is 0 Å². The van der Waals surface area contributed by atoms with Crippen LogP contribution in [0.25, 0.3) is 0 Å². The van der Waals surface area contributed by atoms with Gasteiger partial charge < -0.3 is 20.6 Å². The molecule has 2 aliphatic rings. The summed E-state index contributed by atoms with van der Waals surface area (Å²) in [6.07, 6.45) is 4.82. The lowest BCUT2D eigenvalue weighted by Gasteiger charge is -2.41. The number of hydrogen-bond acceptors (Lipinski definition) is 3. The van der Waals surface area contributed by atoms with Crippen molar-refractivity contribution >= 4 is 11.9 Å². The molecule has 2 fully saturated rings. The number of carbonyl (C=O) groups is 2. The van der Waals surface area contributed by atoms with Gasteiger partial charge in [-0.3, -0.25) is 4.79 Å². The summed E-state index contributed by atoms with van der Waals surface area (Å²) in [7, 11) is 0. The molecule has 19 heavy (non-hydrogen) atoms. The molecule has 0 aromatic carbocycles. The first-order valence-corrected chi connectivity index (χ1v) is 7.09. The molecule has 0 aromatic rings. The van der Waals surface area contributed by atoms with Crippen LogP contribution in [0.5, 0.6) is 0 Å². The summed E-state index contributed by atoms with van der Waals surface area (Å²) in [6, 6.07) is -0.168. The molecule has 1 aliphatic carbocycles. The SMILES string of the molecule is NC(=O)N1CCCC(C(=O)N(CCO)C2CCC2)C1. The second-order valence-electron chi connectivity index (χ2n) is 5.46. The van der Waals surface area contributed by atoms with Crippen LogP contribution in [0.15, 0.2) is 0 Å². The number of rotatable bonds is 4. The van der Waals surface area contributed by atoms with Gasteiger partial charge in [-0.2, -0.15) is 0 Å². The van der Waals surface area contributed by atoms with Crippen LogP contribution in [0.2, 0.25) is 0 Å². The molecule has 3 N–H and O–H groups in total. The van der Waals surface area contributed by atoms with Crippen molar-refractivity contribution in [3.05, 3.63) is 0 Å². The summed E-state index contributed by atoms with van der Waals surface area (Å²) in [6.45, 7) is 1.45. The Balaban J connectivity index is 1.97. The van der Waals surface area contributed by atoms with Gasteiger partial charge in [0.2, 0.25) is 5.91 Å². The van der Waals surface area contributed by atoms with Gasteiger partial charge in [-0.1, -0.05) is 0 Å². The number of carbonyl (C=O) groups excluding carboxylic acids is 2. The summed E-state index contributed by atoms with van der Waals surface area (Å²) in [5, 5.41) is 9.11. The molecule has 1 atom stereocenters. The maximum absolute atomic E-state index is 12.5. The fourth-order valence-electron chi connectivity index (χ4n) is 2.89. The second-order valence-corrected chi connectivity index (χ2v) is 5.46. The first-order valence-electron chi connectivity index (χ1n) is 7.09. The number of nitrogens with two attached hydrogens (primary N) is 1. The van der Waals surface area contributed by atoms with E-state index >= 15 is 0 Å². The number of piperidine rings is 1. The molecule has 0 radical (unpaired) electrons. The highest BCUT2D eigenvalue weighted by Crippen LogP contribution is 2.28. The average Bonchev–Trinajstić information content (AvgIpc) is 2.35. The number of urea groups is 1. The minimum absolute atomic E-state index is 0.00546. The molecule has 6 heteroatoms. The molecule has 2 rings (SSSR count). The number of hydrogen-bond donors (Lipinski definition) is 2. The monoisotopic (exact) mass is 269 g/mol. The van der Waals surface area contributed by atoms with E-state index < -0.39 is 6.03 Å². The molecule has 1 unspecified atom stereocenters. The Bertz CT molecular complexity index is 344.